The number of fused-ring (bicyclic) bond motifs is 1. The zero-order valence-electron chi connectivity index (χ0n) is 10.9. The second-order valence-electron chi connectivity index (χ2n) is 4.50. The van der Waals surface area contributed by atoms with Gasteiger partial charge in [0.1, 0.15) is 10.8 Å². The number of benzene rings is 1. The first-order chi connectivity index (χ1) is 10.2. The van der Waals surface area contributed by atoms with Crippen LogP contribution in [0.15, 0.2) is 41.0 Å². The molecule has 3 aromatic heterocycles. The molecule has 5 nitrogen and oxygen atoms in total. The molecule has 1 aromatic carbocycles. The molecule has 7 heteroatoms. The highest BCUT2D eigenvalue weighted by Crippen LogP contribution is 2.32. The van der Waals surface area contributed by atoms with Crippen LogP contribution in [0.2, 0.25) is 5.02 Å². The van der Waals surface area contributed by atoms with Crippen molar-refractivity contribution in [3.8, 4) is 22.0 Å². The fourth-order valence-corrected chi connectivity index (χ4v) is 3.31. The van der Waals surface area contributed by atoms with E-state index in [0.29, 0.717) is 10.8 Å². The van der Waals surface area contributed by atoms with Crippen molar-refractivity contribution in [3.05, 3.63) is 47.4 Å². The maximum absolute atomic E-state index is 6.22. The lowest BCUT2D eigenvalue weighted by molar-refractivity contribution is 0.535. The zero-order chi connectivity index (χ0) is 14.4. The van der Waals surface area contributed by atoms with Crippen molar-refractivity contribution in [2.24, 2.45) is 0 Å². The first-order valence-corrected chi connectivity index (χ1v) is 7.45. The number of rotatable bonds is 2. The molecule has 0 saturated carbocycles. The Morgan fingerprint density at radius 1 is 1.14 bits per heavy atom. The maximum atomic E-state index is 6.22. The largest absolute Gasteiger partial charge is 0.469 e. The van der Waals surface area contributed by atoms with Gasteiger partial charge in [-0.2, -0.15) is 9.61 Å². The molecular formula is C14H9ClN4OS. The summed E-state index contributed by atoms with van der Waals surface area (Å²) in [5, 5.41) is 14.4. The number of hydrogen-bond acceptors (Lipinski definition) is 5. The Morgan fingerprint density at radius 3 is 2.76 bits per heavy atom. The Labute approximate surface area is 128 Å². The monoisotopic (exact) mass is 316 g/mol. The van der Waals surface area contributed by atoms with Crippen LogP contribution in [0.4, 0.5) is 0 Å². The predicted octanol–water partition coefficient (Wildman–Crippen LogP) is 4.07. The van der Waals surface area contributed by atoms with E-state index in [1.165, 1.54) is 11.3 Å². The van der Waals surface area contributed by atoms with Gasteiger partial charge >= 0.3 is 0 Å². The van der Waals surface area contributed by atoms with Gasteiger partial charge in [-0.05, 0) is 19.1 Å². The van der Waals surface area contributed by atoms with Gasteiger partial charge in [-0.25, -0.2) is 0 Å². The molecular weight excluding hydrogens is 308 g/mol. The molecule has 0 amide bonds. The highest BCUT2D eigenvalue weighted by molar-refractivity contribution is 7.19. The van der Waals surface area contributed by atoms with Crippen molar-refractivity contribution in [1.29, 1.82) is 0 Å². The lowest BCUT2D eigenvalue weighted by Gasteiger charge is -1.98. The second-order valence-corrected chi connectivity index (χ2v) is 5.86. The minimum Gasteiger partial charge on any atom is -0.469 e. The van der Waals surface area contributed by atoms with Crippen molar-refractivity contribution < 1.29 is 4.42 Å². The Balaban J connectivity index is 1.91. The van der Waals surface area contributed by atoms with Crippen molar-refractivity contribution in [1.82, 2.24) is 19.8 Å². The van der Waals surface area contributed by atoms with Crippen LogP contribution >= 0.6 is 22.9 Å². The molecule has 4 aromatic rings. The Hall–Kier alpha value is -2.18. The molecule has 0 atom stereocenters. The normalized spacial score (nSPS) is 11.3. The molecule has 0 N–H and O–H groups in total. The summed E-state index contributed by atoms with van der Waals surface area (Å²) in [5.74, 6) is 1.46. The van der Waals surface area contributed by atoms with Gasteiger partial charge in [-0.1, -0.05) is 41.1 Å². The number of furan rings is 1. The first kappa shape index (κ1) is 12.6. The average Bonchev–Trinajstić information content (AvgIpc) is 3.14. The van der Waals surface area contributed by atoms with E-state index < -0.39 is 0 Å². The van der Waals surface area contributed by atoms with E-state index in [0.717, 1.165) is 26.9 Å². The molecule has 0 unspecified atom stereocenters. The number of nitrogens with zero attached hydrogens (tertiary/aromatic N) is 4. The molecule has 0 spiro atoms. The van der Waals surface area contributed by atoms with Crippen LogP contribution in [-0.2, 0) is 0 Å². The van der Waals surface area contributed by atoms with Gasteiger partial charge in [0, 0.05) is 5.56 Å². The van der Waals surface area contributed by atoms with Gasteiger partial charge in [0.15, 0.2) is 5.82 Å². The molecule has 21 heavy (non-hydrogen) atoms. The quantitative estimate of drug-likeness (QED) is 0.559. The van der Waals surface area contributed by atoms with Crippen LogP contribution in [0.25, 0.3) is 26.9 Å². The van der Waals surface area contributed by atoms with E-state index in [1.807, 2.05) is 37.3 Å². The first-order valence-electron chi connectivity index (χ1n) is 6.25. The van der Waals surface area contributed by atoms with E-state index in [-0.39, 0.29) is 0 Å². The summed E-state index contributed by atoms with van der Waals surface area (Å²) in [5.41, 5.74) is 1.78. The van der Waals surface area contributed by atoms with E-state index in [4.69, 9.17) is 16.0 Å². The lowest BCUT2D eigenvalue weighted by Crippen LogP contribution is -1.91. The highest BCUT2D eigenvalue weighted by Gasteiger charge is 2.17. The van der Waals surface area contributed by atoms with Crippen molar-refractivity contribution >= 4 is 27.9 Å². The molecule has 3 heterocycles. The van der Waals surface area contributed by atoms with Gasteiger partial charge in [0.05, 0.1) is 16.8 Å². The van der Waals surface area contributed by atoms with Crippen LogP contribution in [0.1, 0.15) is 5.76 Å². The summed E-state index contributed by atoms with van der Waals surface area (Å²) < 4.78 is 7.04. The topological polar surface area (TPSA) is 56.2 Å². The summed E-state index contributed by atoms with van der Waals surface area (Å²) in [6.45, 7) is 1.89. The number of aromatic nitrogens is 4. The SMILES string of the molecule is Cc1occc1-c1nnc2sc(-c3ccccc3Cl)nn12. The number of aryl methyl sites for hydroxylation is 1. The molecule has 0 radical (unpaired) electrons. The Bertz CT molecular complexity index is 939. The zero-order valence-corrected chi connectivity index (χ0v) is 12.5. The fourth-order valence-electron chi connectivity index (χ4n) is 2.15. The van der Waals surface area contributed by atoms with E-state index in [1.54, 1.807) is 10.8 Å². The van der Waals surface area contributed by atoms with Gasteiger partial charge in [-0.15, -0.1) is 10.2 Å². The maximum Gasteiger partial charge on any atom is 0.235 e. The van der Waals surface area contributed by atoms with Gasteiger partial charge in [0.2, 0.25) is 4.96 Å². The van der Waals surface area contributed by atoms with Crippen molar-refractivity contribution in [2.45, 2.75) is 6.92 Å². The standard InChI is InChI=1S/C14H9ClN4OS/c1-8-9(6-7-20-8)12-16-17-14-19(12)18-13(21-14)10-4-2-3-5-11(10)15/h2-7H,1H3. The lowest BCUT2D eigenvalue weighted by atomic mass is 10.2. The number of halogens is 1. The minimum absolute atomic E-state index is 0.670. The molecule has 0 bridgehead atoms. The highest BCUT2D eigenvalue weighted by atomic mass is 35.5. The minimum atomic E-state index is 0.670. The van der Waals surface area contributed by atoms with Crippen LogP contribution in [0.3, 0.4) is 0 Å². The van der Waals surface area contributed by atoms with E-state index in [2.05, 4.69) is 15.3 Å². The molecule has 0 aliphatic rings. The summed E-state index contributed by atoms with van der Waals surface area (Å²) in [6.07, 6.45) is 1.63. The molecule has 104 valence electrons. The van der Waals surface area contributed by atoms with Crippen LogP contribution in [0.5, 0.6) is 0 Å². The molecule has 0 saturated heterocycles. The van der Waals surface area contributed by atoms with Gasteiger partial charge < -0.3 is 4.42 Å². The van der Waals surface area contributed by atoms with Crippen molar-refractivity contribution in [2.75, 3.05) is 0 Å². The molecule has 0 aliphatic heterocycles. The van der Waals surface area contributed by atoms with Crippen molar-refractivity contribution in [3.63, 3.8) is 0 Å². The summed E-state index contributed by atoms with van der Waals surface area (Å²) in [7, 11) is 0. The summed E-state index contributed by atoms with van der Waals surface area (Å²) in [4.78, 5) is 0.723. The Morgan fingerprint density at radius 2 is 2.00 bits per heavy atom. The van der Waals surface area contributed by atoms with Gasteiger partial charge in [0.25, 0.3) is 0 Å². The smallest absolute Gasteiger partial charge is 0.235 e. The molecule has 0 aliphatic carbocycles. The molecule has 0 fully saturated rings. The van der Waals surface area contributed by atoms with Crippen LogP contribution < -0.4 is 0 Å². The van der Waals surface area contributed by atoms with E-state index in [9.17, 15) is 0 Å². The summed E-state index contributed by atoms with van der Waals surface area (Å²) in [6, 6.07) is 9.48. The van der Waals surface area contributed by atoms with E-state index >= 15 is 0 Å². The third-order valence-corrected chi connectivity index (χ3v) is 4.46. The average molecular weight is 317 g/mol. The van der Waals surface area contributed by atoms with Crippen LogP contribution in [0, 0.1) is 6.92 Å². The molecule has 4 rings (SSSR count). The third kappa shape index (κ3) is 1.95. The van der Waals surface area contributed by atoms with Gasteiger partial charge in [-0.3, -0.25) is 0 Å². The van der Waals surface area contributed by atoms with Crippen LogP contribution in [-0.4, -0.2) is 19.8 Å². The Kier molecular flexibility index (Phi) is 2.80. The predicted molar refractivity (Wildman–Crippen MR) is 81.5 cm³/mol. The fraction of sp³-hybridized carbons (Fsp3) is 0.0714. The third-order valence-electron chi connectivity index (χ3n) is 3.19. The summed E-state index contributed by atoms with van der Waals surface area (Å²) >= 11 is 7.68. The second kappa shape index (κ2) is 4.68. The number of hydrogen-bond donors (Lipinski definition) is 0.